The van der Waals surface area contributed by atoms with Crippen LogP contribution in [-0.4, -0.2) is 24.4 Å². The summed E-state index contributed by atoms with van der Waals surface area (Å²) in [4.78, 5) is 0. The SMILES string of the molecule is CCC(O)C(N)Cc1cc(C)c(C)cc1OC. The number of aliphatic hydroxyl groups is 1. The quantitative estimate of drug-likeness (QED) is 0.823. The van der Waals surface area contributed by atoms with E-state index in [2.05, 4.69) is 19.9 Å². The van der Waals surface area contributed by atoms with Crippen LogP contribution in [0, 0.1) is 13.8 Å². The van der Waals surface area contributed by atoms with Gasteiger partial charge in [-0.25, -0.2) is 0 Å². The van der Waals surface area contributed by atoms with Crippen molar-refractivity contribution in [3.63, 3.8) is 0 Å². The number of hydrogen-bond acceptors (Lipinski definition) is 3. The zero-order valence-electron chi connectivity index (χ0n) is 11.2. The van der Waals surface area contributed by atoms with E-state index in [9.17, 15) is 5.11 Å². The normalized spacial score (nSPS) is 14.5. The molecule has 1 aromatic rings. The molecule has 0 saturated carbocycles. The van der Waals surface area contributed by atoms with Gasteiger partial charge in [0, 0.05) is 6.04 Å². The lowest BCUT2D eigenvalue weighted by atomic mass is 9.97. The third-order valence-corrected chi connectivity index (χ3v) is 3.26. The summed E-state index contributed by atoms with van der Waals surface area (Å²) in [5.41, 5.74) is 9.46. The average molecular weight is 237 g/mol. The second-order valence-corrected chi connectivity index (χ2v) is 4.59. The molecule has 0 fully saturated rings. The molecule has 3 heteroatoms. The first-order chi connectivity index (χ1) is 7.99. The Morgan fingerprint density at radius 3 is 2.41 bits per heavy atom. The molecule has 0 radical (unpaired) electrons. The highest BCUT2D eigenvalue weighted by Crippen LogP contribution is 2.24. The summed E-state index contributed by atoms with van der Waals surface area (Å²) in [7, 11) is 1.66. The zero-order valence-corrected chi connectivity index (χ0v) is 11.2. The summed E-state index contributed by atoms with van der Waals surface area (Å²) in [5.74, 6) is 0.854. The van der Waals surface area contributed by atoms with Crippen LogP contribution in [-0.2, 0) is 6.42 Å². The standard InChI is InChI=1S/C14H23NO2/c1-5-13(16)12(15)8-11-6-9(2)10(3)7-14(11)17-4/h6-7,12-13,16H,5,8,15H2,1-4H3. The van der Waals surface area contributed by atoms with Crippen molar-refractivity contribution in [2.24, 2.45) is 5.73 Å². The van der Waals surface area contributed by atoms with Crippen LogP contribution in [0.2, 0.25) is 0 Å². The van der Waals surface area contributed by atoms with Crippen LogP contribution in [0.3, 0.4) is 0 Å². The maximum absolute atomic E-state index is 9.71. The van der Waals surface area contributed by atoms with E-state index in [-0.39, 0.29) is 6.04 Å². The summed E-state index contributed by atoms with van der Waals surface area (Å²) in [6.07, 6.45) is 0.856. The van der Waals surface area contributed by atoms with Crippen molar-refractivity contribution >= 4 is 0 Å². The molecular formula is C14H23NO2. The number of rotatable bonds is 5. The van der Waals surface area contributed by atoms with Crippen molar-refractivity contribution < 1.29 is 9.84 Å². The maximum atomic E-state index is 9.71. The molecule has 1 rings (SSSR count). The molecule has 0 aliphatic rings. The second kappa shape index (κ2) is 6.03. The van der Waals surface area contributed by atoms with Gasteiger partial charge in [-0.15, -0.1) is 0 Å². The monoisotopic (exact) mass is 237 g/mol. The number of nitrogens with two attached hydrogens (primary N) is 1. The van der Waals surface area contributed by atoms with Gasteiger partial charge in [0.1, 0.15) is 5.75 Å². The van der Waals surface area contributed by atoms with E-state index in [0.29, 0.717) is 12.8 Å². The Bertz CT molecular complexity index is 377. The molecule has 0 heterocycles. The van der Waals surface area contributed by atoms with Gasteiger partial charge in [-0.05, 0) is 49.4 Å². The first-order valence-corrected chi connectivity index (χ1v) is 6.07. The van der Waals surface area contributed by atoms with E-state index in [1.165, 1.54) is 11.1 Å². The minimum Gasteiger partial charge on any atom is -0.496 e. The molecule has 17 heavy (non-hydrogen) atoms. The maximum Gasteiger partial charge on any atom is 0.122 e. The van der Waals surface area contributed by atoms with E-state index in [4.69, 9.17) is 10.5 Å². The molecule has 0 aliphatic carbocycles. The molecule has 0 saturated heterocycles. The molecule has 3 nitrogen and oxygen atoms in total. The van der Waals surface area contributed by atoms with Crippen LogP contribution in [0.25, 0.3) is 0 Å². The minimum absolute atomic E-state index is 0.240. The van der Waals surface area contributed by atoms with Gasteiger partial charge in [-0.1, -0.05) is 13.0 Å². The molecule has 0 bridgehead atoms. The molecule has 2 unspecified atom stereocenters. The van der Waals surface area contributed by atoms with Gasteiger partial charge in [-0.3, -0.25) is 0 Å². The van der Waals surface area contributed by atoms with Gasteiger partial charge in [0.15, 0.2) is 0 Å². The molecule has 0 amide bonds. The van der Waals surface area contributed by atoms with Crippen molar-refractivity contribution in [2.75, 3.05) is 7.11 Å². The third kappa shape index (κ3) is 3.45. The molecule has 96 valence electrons. The third-order valence-electron chi connectivity index (χ3n) is 3.26. The van der Waals surface area contributed by atoms with Crippen LogP contribution < -0.4 is 10.5 Å². The van der Waals surface area contributed by atoms with Crippen LogP contribution in [0.1, 0.15) is 30.0 Å². The van der Waals surface area contributed by atoms with Gasteiger partial charge in [0.05, 0.1) is 13.2 Å². The number of methoxy groups -OCH3 is 1. The number of ether oxygens (including phenoxy) is 1. The molecule has 0 aromatic heterocycles. The molecule has 2 atom stereocenters. The van der Waals surface area contributed by atoms with E-state index >= 15 is 0 Å². The fourth-order valence-electron chi connectivity index (χ4n) is 1.89. The topological polar surface area (TPSA) is 55.5 Å². The Balaban J connectivity index is 2.93. The first kappa shape index (κ1) is 14.0. The lowest BCUT2D eigenvalue weighted by molar-refractivity contribution is 0.139. The minimum atomic E-state index is -0.457. The van der Waals surface area contributed by atoms with Crippen molar-refractivity contribution in [1.82, 2.24) is 0 Å². The Hall–Kier alpha value is -1.06. The predicted octanol–water partition coefficient (Wildman–Crippen LogP) is 1.95. The fraction of sp³-hybridized carbons (Fsp3) is 0.571. The van der Waals surface area contributed by atoms with Crippen molar-refractivity contribution in [1.29, 1.82) is 0 Å². The number of aryl methyl sites for hydroxylation is 2. The highest BCUT2D eigenvalue weighted by atomic mass is 16.5. The smallest absolute Gasteiger partial charge is 0.122 e. The number of hydrogen-bond donors (Lipinski definition) is 2. The summed E-state index contributed by atoms with van der Waals surface area (Å²) >= 11 is 0. The molecule has 0 aliphatic heterocycles. The van der Waals surface area contributed by atoms with E-state index < -0.39 is 6.10 Å². The molecule has 3 N–H and O–H groups in total. The average Bonchev–Trinajstić information content (AvgIpc) is 2.32. The molecular weight excluding hydrogens is 214 g/mol. The fourth-order valence-corrected chi connectivity index (χ4v) is 1.89. The van der Waals surface area contributed by atoms with Gasteiger partial charge in [0.25, 0.3) is 0 Å². The Morgan fingerprint density at radius 1 is 1.29 bits per heavy atom. The first-order valence-electron chi connectivity index (χ1n) is 6.07. The van der Waals surface area contributed by atoms with Gasteiger partial charge >= 0.3 is 0 Å². The predicted molar refractivity (Wildman–Crippen MR) is 70.4 cm³/mol. The summed E-state index contributed by atoms with van der Waals surface area (Å²) in [6.45, 7) is 6.06. The van der Waals surface area contributed by atoms with Crippen molar-refractivity contribution in [3.8, 4) is 5.75 Å². The largest absolute Gasteiger partial charge is 0.496 e. The Labute approximate surface area is 104 Å². The lowest BCUT2D eigenvalue weighted by Gasteiger charge is -2.19. The van der Waals surface area contributed by atoms with Gasteiger partial charge in [-0.2, -0.15) is 0 Å². The summed E-state index contributed by atoms with van der Waals surface area (Å²) in [5, 5.41) is 9.71. The highest BCUT2D eigenvalue weighted by Gasteiger charge is 2.16. The van der Waals surface area contributed by atoms with Crippen LogP contribution in [0.15, 0.2) is 12.1 Å². The summed E-state index contributed by atoms with van der Waals surface area (Å²) < 4.78 is 5.36. The van der Waals surface area contributed by atoms with E-state index in [0.717, 1.165) is 11.3 Å². The lowest BCUT2D eigenvalue weighted by Crippen LogP contribution is -2.36. The van der Waals surface area contributed by atoms with E-state index in [1.54, 1.807) is 7.11 Å². The van der Waals surface area contributed by atoms with Crippen LogP contribution in [0.4, 0.5) is 0 Å². The number of aliphatic hydroxyl groups excluding tert-OH is 1. The van der Waals surface area contributed by atoms with E-state index in [1.807, 2.05) is 13.0 Å². The van der Waals surface area contributed by atoms with Crippen LogP contribution in [0.5, 0.6) is 5.75 Å². The summed E-state index contributed by atoms with van der Waals surface area (Å²) in [6, 6.07) is 3.88. The number of benzene rings is 1. The Kier molecular flexibility index (Phi) is 4.97. The van der Waals surface area contributed by atoms with Gasteiger partial charge in [0.2, 0.25) is 0 Å². The van der Waals surface area contributed by atoms with Crippen molar-refractivity contribution in [2.45, 2.75) is 45.8 Å². The van der Waals surface area contributed by atoms with Gasteiger partial charge < -0.3 is 15.6 Å². The zero-order chi connectivity index (χ0) is 13.0. The molecule has 0 spiro atoms. The Morgan fingerprint density at radius 2 is 1.88 bits per heavy atom. The second-order valence-electron chi connectivity index (χ2n) is 4.59. The van der Waals surface area contributed by atoms with Crippen molar-refractivity contribution in [3.05, 3.63) is 28.8 Å². The van der Waals surface area contributed by atoms with Crippen LogP contribution >= 0.6 is 0 Å². The molecule has 1 aromatic carbocycles. The highest BCUT2D eigenvalue weighted by molar-refractivity contribution is 5.42.